The first-order valence-corrected chi connectivity index (χ1v) is 5.75. The van der Waals surface area contributed by atoms with Gasteiger partial charge < -0.3 is 15.3 Å². The summed E-state index contributed by atoms with van der Waals surface area (Å²) in [5.74, 6) is -0.679. The van der Waals surface area contributed by atoms with Crippen molar-refractivity contribution in [2.75, 3.05) is 18.0 Å². The molecule has 2 aliphatic rings. The Morgan fingerprint density at radius 1 is 1.33 bits per heavy atom. The monoisotopic (exact) mass is 254 g/mol. The van der Waals surface area contributed by atoms with E-state index in [2.05, 4.69) is 5.32 Å². The van der Waals surface area contributed by atoms with Crippen molar-refractivity contribution in [2.24, 2.45) is 11.8 Å². The van der Waals surface area contributed by atoms with E-state index in [1.807, 2.05) is 4.90 Å². The van der Waals surface area contributed by atoms with Gasteiger partial charge in [-0.15, -0.1) is 0 Å². The van der Waals surface area contributed by atoms with E-state index in [9.17, 15) is 13.6 Å². The van der Waals surface area contributed by atoms with Crippen molar-refractivity contribution < 1.29 is 18.7 Å². The summed E-state index contributed by atoms with van der Waals surface area (Å²) in [5.41, 5.74) is 0.387. The number of carboxylic acid groups (broad SMARTS) is 1. The molecule has 0 bridgehead atoms. The fraction of sp³-hybridized carbons (Fsp3) is 0.417. The van der Waals surface area contributed by atoms with Crippen molar-refractivity contribution in [1.82, 2.24) is 5.32 Å². The molecule has 2 unspecified atom stereocenters. The number of benzene rings is 1. The van der Waals surface area contributed by atoms with E-state index in [1.165, 1.54) is 12.1 Å². The maximum atomic E-state index is 13.6. The lowest BCUT2D eigenvalue weighted by Crippen LogP contribution is -2.34. The lowest BCUT2D eigenvalue weighted by atomic mass is 10.2. The zero-order valence-electron chi connectivity index (χ0n) is 9.44. The van der Waals surface area contributed by atoms with Gasteiger partial charge in [0.2, 0.25) is 0 Å². The van der Waals surface area contributed by atoms with Crippen molar-refractivity contribution in [2.45, 2.75) is 6.04 Å². The van der Waals surface area contributed by atoms with E-state index in [0.29, 0.717) is 18.8 Å². The number of rotatable bonds is 2. The standard InChI is InChI=1S/C12H12F2N2O2/c13-6-1-2-10(9(14)3-6)16-4-7-8(5-16)11(7)15-12(17)18/h1-3,7-8,11,15H,4-5H2,(H,17,18). The lowest BCUT2D eigenvalue weighted by molar-refractivity contribution is 0.192. The number of piperidine rings is 1. The molecule has 1 aliphatic carbocycles. The average Bonchev–Trinajstić information content (AvgIpc) is 2.73. The van der Waals surface area contributed by atoms with Gasteiger partial charge in [-0.05, 0) is 12.1 Å². The lowest BCUT2D eigenvalue weighted by Gasteiger charge is -2.22. The normalized spacial score (nSPS) is 29.0. The molecule has 1 aromatic rings. The first kappa shape index (κ1) is 11.3. The van der Waals surface area contributed by atoms with Crippen LogP contribution in [0.5, 0.6) is 0 Å². The minimum atomic E-state index is -1.02. The number of nitrogens with one attached hydrogen (secondary N) is 1. The summed E-state index contributed by atoms with van der Waals surface area (Å²) in [7, 11) is 0. The van der Waals surface area contributed by atoms with Crippen molar-refractivity contribution in [3.63, 3.8) is 0 Å². The number of carbonyl (C=O) groups is 1. The summed E-state index contributed by atoms with van der Waals surface area (Å²) in [6.45, 7) is 1.22. The van der Waals surface area contributed by atoms with Gasteiger partial charge in [0.25, 0.3) is 0 Å². The Balaban J connectivity index is 1.67. The van der Waals surface area contributed by atoms with E-state index in [0.717, 1.165) is 6.07 Å². The zero-order valence-corrected chi connectivity index (χ0v) is 9.44. The molecular formula is C12H12F2N2O2. The summed E-state index contributed by atoms with van der Waals surface area (Å²) in [4.78, 5) is 12.3. The SMILES string of the molecule is O=C(O)NC1C2CN(c3ccc(F)cc3F)CC21. The number of anilines is 1. The molecule has 0 radical (unpaired) electrons. The molecule has 1 saturated heterocycles. The molecule has 1 aliphatic heterocycles. The predicted molar refractivity (Wildman–Crippen MR) is 60.5 cm³/mol. The zero-order chi connectivity index (χ0) is 12.9. The van der Waals surface area contributed by atoms with Crippen molar-refractivity contribution in [3.05, 3.63) is 29.8 Å². The molecule has 2 fully saturated rings. The molecule has 4 nitrogen and oxygen atoms in total. The number of hydrogen-bond donors (Lipinski definition) is 2. The Morgan fingerprint density at radius 3 is 2.56 bits per heavy atom. The molecule has 2 atom stereocenters. The number of amides is 1. The third kappa shape index (κ3) is 1.77. The van der Waals surface area contributed by atoms with E-state index in [4.69, 9.17) is 5.11 Å². The van der Waals surface area contributed by atoms with Crippen LogP contribution in [0.1, 0.15) is 0 Å². The third-order valence-corrected chi connectivity index (χ3v) is 3.73. The van der Waals surface area contributed by atoms with Crippen molar-refractivity contribution in [1.29, 1.82) is 0 Å². The van der Waals surface area contributed by atoms with Gasteiger partial charge in [-0.1, -0.05) is 0 Å². The number of nitrogens with zero attached hydrogens (tertiary/aromatic N) is 1. The largest absolute Gasteiger partial charge is 0.465 e. The predicted octanol–water partition coefficient (Wildman–Crippen LogP) is 1.67. The highest BCUT2D eigenvalue weighted by atomic mass is 19.1. The van der Waals surface area contributed by atoms with Crippen LogP contribution in [0.3, 0.4) is 0 Å². The van der Waals surface area contributed by atoms with E-state index < -0.39 is 17.7 Å². The maximum absolute atomic E-state index is 13.6. The van der Waals surface area contributed by atoms with Crippen LogP contribution in [-0.2, 0) is 0 Å². The summed E-state index contributed by atoms with van der Waals surface area (Å²) >= 11 is 0. The first-order chi connectivity index (χ1) is 8.56. The fourth-order valence-corrected chi connectivity index (χ4v) is 2.82. The third-order valence-electron chi connectivity index (χ3n) is 3.73. The smallest absolute Gasteiger partial charge is 0.404 e. The maximum Gasteiger partial charge on any atom is 0.404 e. The topological polar surface area (TPSA) is 52.6 Å². The van der Waals surface area contributed by atoms with Crippen LogP contribution in [0, 0.1) is 23.5 Å². The fourth-order valence-electron chi connectivity index (χ4n) is 2.82. The van der Waals surface area contributed by atoms with Crippen LogP contribution in [0.15, 0.2) is 18.2 Å². The summed E-state index contributed by atoms with van der Waals surface area (Å²) in [6, 6.07) is 3.51. The van der Waals surface area contributed by atoms with E-state index >= 15 is 0 Å². The van der Waals surface area contributed by atoms with Crippen LogP contribution in [0.25, 0.3) is 0 Å². The van der Waals surface area contributed by atoms with Gasteiger partial charge in [0.05, 0.1) is 5.69 Å². The molecule has 1 saturated carbocycles. The molecule has 1 aromatic carbocycles. The highest BCUT2D eigenvalue weighted by molar-refractivity contribution is 5.66. The first-order valence-electron chi connectivity index (χ1n) is 5.75. The second kappa shape index (κ2) is 3.83. The van der Waals surface area contributed by atoms with E-state index in [1.54, 1.807) is 0 Å². The highest BCUT2D eigenvalue weighted by Gasteiger charge is 2.56. The van der Waals surface area contributed by atoms with Gasteiger partial charge in [-0.25, -0.2) is 13.6 Å². The van der Waals surface area contributed by atoms with Crippen LogP contribution in [-0.4, -0.2) is 30.3 Å². The quantitative estimate of drug-likeness (QED) is 0.844. The highest BCUT2D eigenvalue weighted by Crippen LogP contribution is 2.47. The summed E-state index contributed by atoms with van der Waals surface area (Å²) < 4.78 is 26.4. The van der Waals surface area contributed by atoms with Gasteiger partial charge in [-0.2, -0.15) is 0 Å². The molecule has 96 valence electrons. The number of hydrogen-bond acceptors (Lipinski definition) is 2. The second-order valence-electron chi connectivity index (χ2n) is 4.80. The molecule has 0 aromatic heterocycles. The Bertz CT molecular complexity index is 497. The average molecular weight is 254 g/mol. The molecule has 6 heteroatoms. The van der Waals surface area contributed by atoms with E-state index in [-0.39, 0.29) is 17.9 Å². The minimum absolute atomic E-state index is 0.0118. The number of halogens is 2. The molecule has 2 N–H and O–H groups in total. The van der Waals surface area contributed by atoms with Crippen LogP contribution >= 0.6 is 0 Å². The Morgan fingerprint density at radius 2 is 2.00 bits per heavy atom. The Hall–Kier alpha value is -1.85. The van der Waals surface area contributed by atoms with Gasteiger partial charge >= 0.3 is 6.09 Å². The van der Waals surface area contributed by atoms with Crippen LogP contribution in [0.4, 0.5) is 19.3 Å². The molecule has 1 heterocycles. The summed E-state index contributed by atoms with van der Waals surface area (Å²) in [5, 5.41) is 11.1. The van der Waals surface area contributed by atoms with Gasteiger partial charge in [0.15, 0.2) is 0 Å². The van der Waals surface area contributed by atoms with Crippen LogP contribution in [0.2, 0.25) is 0 Å². The van der Waals surface area contributed by atoms with Crippen molar-refractivity contribution >= 4 is 11.8 Å². The summed E-state index contributed by atoms with van der Waals surface area (Å²) in [6.07, 6.45) is -1.02. The molecule has 3 rings (SSSR count). The van der Waals surface area contributed by atoms with Gasteiger partial charge in [-0.3, -0.25) is 0 Å². The van der Waals surface area contributed by atoms with Crippen molar-refractivity contribution in [3.8, 4) is 0 Å². The minimum Gasteiger partial charge on any atom is -0.465 e. The second-order valence-corrected chi connectivity index (χ2v) is 4.80. The Labute approximate surface area is 102 Å². The Kier molecular flexibility index (Phi) is 2.39. The molecule has 1 amide bonds. The van der Waals surface area contributed by atoms with Gasteiger partial charge in [0, 0.05) is 37.0 Å². The molecule has 0 spiro atoms. The number of fused-ring (bicyclic) bond motifs is 1. The molecular weight excluding hydrogens is 242 g/mol. The molecule has 18 heavy (non-hydrogen) atoms. The van der Waals surface area contributed by atoms with Crippen LogP contribution < -0.4 is 10.2 Å². The van der Waals surface area contributed by atoms with Gasteiger partial charge in [0.1, 0.15) is 11.6 Å².